The summed E-state index contributed by atoms with van der Waals surface area (Å²) in [6.07, 6.45) is 0. The Labute approximate surface area is 224 Å². The molecule has 6 rings (SSSR count). The Morgan fingerprint density at radius 2 is 1.49 bits per heavy atom. The summed E-state index contributed by atoms with van der Waals surface area (Å²) in [5.41, 5.74) is 4.95. The molecule has 8 nitrogen and oxygen atoms in total. The van der Waals surface area contributed by atoms with Gasteiger partial charge in [-0.25, -0.2) is 23.5 Å². The zero-order valence-corrected chi connectivity index (χ0v) is 21.8. The van der Waals surface area contributed by atoms with E-state index in [0.29, 0.717) is 45.0 Å². The highest BCUT2D eigenvalue weighted by atomic mass is 16.5. The molecule has 0 amide bonds. The SMILES string of the molecule is CCOC(=O)c1c(C)nc2c(c1-c1ccccc1)c1nnc(-c3ccc(C)cc3)n1c(=O)n2-c1ccccc1. The molecule has 0 saturated carbocycles. The van der Waals surface area contributed by atoms with Gasteiger partial charge in [-0.1, -0.05) is 78.4 Å². The maximum Gasteiger partial charge on any atom is 0.342 e. The van der Waals surface area contributed by atoms with Crippen molar-refractivity contribution in [3.63, 3.8) is 0 Å². The van der Waals surface area contributed by atoms with E-state index >= 15 is 0 Å². The summed E-state index contributed by atoms with van der Waals surface area (Å²) in [5, 5.41) is 9.51. The van der Waals surface area contributed by atoms with Crippen molar-refractivity contribution >= 4 is 22.6 Å². The van der Waals surface area contributed by atoms with Crippen LogP contribution in [-0.4, -0.2) is 36.7 Å². The first kappa shape index (κ1) is 24.2. The summed E-state index contributed by atoms with van der Waals surface area (Å²) in [5.74, 6) is -0.0870. The van der Waals surface area contributed by atoms with Crippen LogP contribution in [0.25, 0.3) is 44.9 Å². The fourth-order valence-corrected chi connectivity index (χ4v) is 4.93. The Hall–Kier alpha value is -5.11. The van der Waals surface area contributed by atoms with Gasteiger partial charge in [-0.15, -0.1) is 10.2 Å². The van der Waals surface area contributed by atoms with Crippen molar-refractivity contribution in [3.8, 4) is 28.2 Å². The first-order chi connectivity index (χ1) is 19.0. The molecule has 0 saturated heterocycles. The Kier molecular flexibility index (Phi) is 5.99. The van der Waals surface area contributed by atoms with Crippen molar-refractivity contribution in [2.45, 2.75) is 20.8 Å². The van der Waals surface area contributed by atoms with E-state index in [1.807, 2.05) is 91.9 Å². The maximum absolute atomic E-state index is 14.3. The van der Waals surface area contributed by atoms with Crippen molar-refractivity contribution in [3.05, 3.63) is 112 Å². The standard InChI is InChI=1S/C31H25N5O3/c1-4-39-30(37)24-20(3)32-28-26(25(24)21-11-7-5-8-12-21)29-34-33-27(22-17-15-19(2)16-18-22)36(29)31(38)35(28)23-13-9-6-10-14-23/h5-18H,4H2,1-3H3. The number of para-hydroxylation sites is 1. The molecule has 0 unspecified atom stereocenters. The molecule has 3 aromatic heterocycles. The van der Waals surface area contributed by atoms with E-state index in [-0.39, 0.29) is 12.3 Å². The van der Waals surface area contributed by atoms with Crippen LogP contribution >= 0.6 is 0 Å². The zero-order chi connectivity index (χ0) is 27.1. The van der Waals surface area contributed by atoms with Crippen molar-refractivity contribution in [2.24, 2.45) is 0 Å². The first-order valence-corrected chi connectivity index (χ1v) is 12.7. The Morgan fingerprint density at radius 3 is 2.15 bits per heavy atom. The predicted molar refractivity (Wildman–Crippen MR) is 150 cm³/mol. The van der Waals surface area contributed by atoms with Crippen molar-refractivity contribution in [2.75, 3.05) is 6.61 Å². The van der Waals surface area contributed by atoms with Crippen LogP contribution in [0.3, 0.4) is 0 Å². The molecule has 3 heterocycles. The second kappa shape index (κ2) is 9.64. The van der Waals surface area contributed by atoms with E-state index in [2.05, 4.69) is 10.2 Å². The van der Waals surface area contributed by atoms with Crippen molar-refractivity contribution < 1.29 is 9.53 Å². The number of nitrogens with zero attached hydrogens (tertiary/aromatic N) is 5. The van der Waals surface area contributed by atoms with E-state index in [0.717, 1.165) is 16.7 Å². The average molecular weight is 516 g/mol. The molecule has 8 heteroatoms. The number of rotatable bonds is 5. The summed E-state index contributed by atoms with van der Waals surface area (Å²) in [6.45, 7) is 5.73. The average Bonchev–Trinajstić information content (AvgIpc) is 3.39. The molecule has 0 spiro atoms. The Morgan fingerprint density at radius 1 is 0.821 bits per heavy atom. The monoisotopic (exact) mass is 515 g/mol. The number of carbonyl (C=O) groups is 1. The molecule has 0 aliphatic rings. The third-order valence-electron chi connectivity index (χ3n) is 6.71. The van der Waals surface area contributed by atoms with E-state index in [9.17, 15) is 9.59 Å². The van der Waals surface area contributed by atoms with Crippen molar-refractivity contribution in [1.29, 1.82) is 0 Å². The van der Waals surface area contributed by atoms with Gasteiger partial charge in [0.25, 0.3) is 0 Å². The summed E-state index contributed by atoms with van der Waals surface area (Å²) < 4.78 is 8.52. The normalized spacial score (nSPS) is 11.3. The van der Waals surface area contributed by atoms with Gasteiger partial charge in [0.05, 0.1) is 28.9 Å². The number of hydrogen-bond acceptors (Lipinski definition) is 6. The molecule has 0 N–H and O–H groups in total. The van der Waals surface area contributed by atoms with Crippen LogP contribution < -0.4 is 5.69 Å². The summed E-state index contributed by atoms with van der Waals surface area (Å²) in [4.78, 5) is 32.4. The largest absolute Gasteiger partial charge is 0.462 e. The smallest absolute Gasteiger partial charge is 0.342 e. The second-order valence-corrected chi connectivity index (χ2v) is 9.23. The number of esters is 1. The van der Waals surface area contributed by atoms with Crippen LogP contribution in [0.15, 0.2) is 89.7 Å². The van der Waals surface area contributed by atoms with Crippen LogP contribution in [0.2, 0.25) is 0 Å². The second-order valence-electron chi connectivity index (χ2n) is 9.23. The van der Waals surface area contributed by atoms with Crippen LogP contribution in [-0.2, 0) is 4.74 Å². The van der Waals surface area contributed by atoms with Gasteiger partial charge in [-0.3, -0.25) is 0 Å². The molecule has 0 aliphatic carbocycles. The molecule has 0 atom stereocenters. The van der Waals surface area contributed by atoms with E-state index in [4.69, 9.17) is 9.72 Å². The van der Waals surface area contributed by atoms with Crippen LogP contribution in [0, 0.1) is 13.8 Å². The number of fused-ring (bicyclic) bond motifs is 3. The van der Waals surface area contributed by atoms with Gasteiger partial charge >= 0.3 is 11.7 Å². The number of ether oxygens (including phenoxy) is 1. The fraction of sp³-hybridized carbons (Fsp3) is 0.129. The van der Waals surface area contributed by atoms with E-state index < -0.39 is 5.97 Å². The zero-order valence-electron chi connectivity index (χ0n) is 21.8. The molecular formula is C31H25N5O3. The fourth-order valence-electron chi connectivity index (χ4n) is 4.93. The topological polar surface area (TPSA) is 91.4 Å². The summed E-state index contributed by atoms with van der Waals surface area (Å²) >= 11 is 0. The van der Waals surface area contributed by atoms with Crippen LogP contribution in [0.1, 0.15) is 28.5 Å². The maximum atomic E-state index is 14.3. The van der Waals surface area contributed by atoms with Gasteiger partial charge in [0.1, 0.15) is 0 Å². The molecule has 0 radical (unpaired) electrons. The number of carbonyl (C=O) groups excluding carboxylic acids is 1. The highest BCUT2D eigenvalue weighted by Crippen LogP contribution is 2.36. The lowest BCUT2D eigenvalue weighted by molar-refractivity contribution is 0.0526. The highest BCUT2D eigenvalue weighted by Gasteiger charge is 2.28. The lowest BCUT2D eigenvalue weighted by Crippen LogP contribution is -2.28. The number of pyridine rings is 1. The van der Waals surface area contributed by atoms with E-state index in [1.54, 1.807) is 18.4 Å². The number of aromatic nitrogens is 5. The van der Waals surface area contributed by atoms with Gasteiger partial charge in [-0.2, -0.15) is 0 Å². The molecule has 192 valence electrons. The van der Waals surface area contributed by atoms with E-state index in [1.165, 1.54) is 4.40 Å². The molecular weight excluding hydrogens is 490 g/mol. The van der Waals surface area contributed by atoms with Gasteiger partial charge in [0.2, 0.25) is 0 Å². The minimum atomic E-state index is -0.489. The van der Waals surface area contributed by atoms with Crippen molar-refractivity contribution in [1.82, 2.24) is 24.1 Å². The Balaban J connectivity index is 1.86. The van der Waals surface area contributed by atoms with Gasteiger partial charge in [-0.05, 0) is 38.5 Å². The molecule has 0 aliphatic heterocycles. The highest BCUT2D eigenvalue weighted by molar-refractivity contribution is 6.11. The van der Waals surface area contributed by atoms with Crippen LogP contribution in [0.4, 0.5) is 0 Å². The number of hydrogen-bond donors (Lipinski definition) is 0. The lowest BCUT2D eigenvalue weighted by atomic mass is 9.95. The Bertz CT molecular complexity index is 1910. The quantitative estimate of drug-likeness (QED) is 0.279. The minimum Gasteiger partial charge on any atom is -0.462 e. The molecule has 39 heavy (non-hydrogen) atoms. The lowest BCUT2D eigenvalue weighted by Gasteiger charge is -2.18. The minimum absolute atomic E-state index is 0.214. The van der Waals surface area contributed by atoms with Gasteiger partial charge in [0.15, 0.2) is 17.1 Å². The number of aryl methyl sites for hydroxylation is 2. The molecule has 6 aromatic rings. The molecule has 0 fully saturated rings. The van der Waals surface area contributed by atoms with Crippen LogP contribution in [0.5, 0.6) is 0 Å². The van der Waals surface area contributed by atoms with Gasteiger partial charge < -0.3 is 4.74 Å². The third kappa shape index (κ3) is 3.97. The summed E-state index contributed by atoms with van der Waals surface area (Å²) in [6, 6.07) is 26.6. The van der Waals surface area contributed by atoms with Gasteiger partial charge in [0, 0.05) is 11.1 Å². The predicted octanol–water partition coefficient (Wildman–Crippen LogP) is 5.56. The first-order valence-electron chi connectivity index (χ1n) is 12.7. The molecule has 0 bridgehead atoms. The summed E-state index contributed by atoms with van der Waals surface area (Å²) in [7, 11) is 0. The third-order valence-corrected chi connectivity index (χ3v) is 6.71. The molecule has 3 aromatic carbocycles. The number of benzene rings is 3.